The second kappa shape index (κ2) is 8.08. The van der Waals surface area contributed by atoms with Crippen molar-refractivity contribution < 1.29 is 24.0 Å². The van der Waals surface area contributed by atoms with Gasteiger partial charge in [-0.3, -0.25) is 10.1 Å². The van der Waals surface area contributed by atoms with E-state index < -0.39 is 22.4 Å². The van der Waals surface area contributed by atoms with Gasteiger partial charge in [-0.05, 0) is 36.6 Å². The van der Waals surface area contributed by atoms with Gasteiger partial charge in [-0.15, -0.1) is 0 Å². The topological polar surface area (TPSA) is 92.9 Å². The summed E-state index contributed by atoms with van der Waals surface area (Å²) in [6.07, 6.45) is 2.50. The molecule has 2 aromatic carbocycles. The molecule has 0 fully saturated rings. The molecule has 3 rings (SSSR count). The van der Waals surface area contributed by atoms with E-state index in [1.54, 1.807) is 36.1 Å². The van der Waals surface area contributed by atoms with E-state index in [-0.39, 0.29) is 23.6 Å². The Labute approximate surface area is 160 Å². The Morgan fingerprint density at radius 2 is 2.04 bits per heavy atom. The normalized spacial score (nSPS) is 13.8. The maximum atomic E-state index is 14.7. The third-order valence-corrected chi connectivity index (χ3v) is 4.52. The number of nitro benzene ring substituents is 1. The lowest BCUT2D eigenvalue weighted by atomic mass is 9.98. The number of benzene rings is 2. The molecule has 2 aromatic rings. The van der Waals surface area contributed by atoms with Crippen LogP contribution in [0.2, 0.25) is 0 Å². The van der Waals surface area contributed by atoms with Gasteiger partial charge < -0.3 is 14.7 Å². The number of hydrogen-bond acceptors (Lipinski definition) is 6. The third kappa shape index (κ3) is 3.95. The number of anilines is 1. The summed E-state index contributed by atoms with van der Waals surface area (Å²) in [5, 5.41) is 20.4. The smallest absolute Gasteiger partial charge is 0.340 e. The molecule has 0 atom stereocenters. The number of esters is 1. The van der Waals surface area contributed by atoms with Crippen LogP contribution < -0.4 is 4.90 Å². The van der Waals surface area contributed by atoms with Gasteiger partial charge in [0.2, 0.25) is 0 Å². The standard InChI is InChI=1S/C20H19FN2O5/c1-2-28-20(25)17-11-15(23(26)27)12-18(21)19(17)22-9-7-14(8-10-22)13-3-5-16(24)6-4-13/h3-7,11-12,24H,2,8-10H2,1H3. The summed E-state index contributed by atoms with van der Waals surface area (Å²) in [5.41, 5.74) is 1.34. The molecule has 0 radical (unpaired) electrons. The van der Waals surface area contributed by atoms with Crippen LogP contribution >= 0.6 is 0 Å². The van der Waals surface area contributed by atoms with Crippen LogP contribution in [-0.2, 0) is 4.74 Å². The first-order valence-corrected chi connectivity index (χ1v) is 8.79. The highest BCUT2D eigenvalue weighted by atomic mass is 19.1. The molecule has 8 heteroatoms. The zero-order valence-electron chi connectivity index (χ0n) is 15.2. The molecule has 0 unspecified atom stereocenters. The van der Waals surface area contributed by atoms with E-state index in [0.717, 1.165) is 23.3 Å². The Kier molecular flexibility index (Phi) is 5.58. The van der Waals surface area contributed by atoms with E-state index in [1.165, 1.54) is 0 Å². The zero-order valence-corrected chi connectivity index (χ0v) is 15.2. The molecule has 0 saturated carbocycles. The van der Waals surface area contributed by atoms with Crippen molar-refractivity contribution in [1.29, 1.82) is 0 Å². The monoisotopic (exact) mass is 386 g/mol. The predicted octanol–water partition coefficient (Wildman–Crippen LogP) is 3.91. The minimum Gasteiger partial charge on any atom is -0.508 e. The maximum Gasteiger partial charge on any atom is 0.340 e. The molecule has 1 aliphatic rings. The summed E-state index contributed by atoms with van der Waals surface area (Å²) in [6, 6.07) is 8.66. The molecule has 0 saturated heterocycles. The SMILES string of the molecule is CCOC(=O)c1cc([N+](=O)[O-])cc(F)c1N1CC=C(c2ccc(O)cc2)CC1. The lowest BCUT2D eigenvalue weighted by Gasteiger charge is -2.30. The number of nitro groups is 1. The highest BCUT2D eigenvalue weighted by Crippen LogP contribution is 2.33. The summed E-state index contributed by atoms with van der Waals surface area (Å²) in [5.74, 6) is -1.46. The molecule has 7 nitrogen and oxygen atoms in total. The van der Waals surface area contributed by atoms with Crippen molar-refractivity contribution in [1.82, 2.24) is 0 Å². The number of nitrogens with zero attached hydrogens (tertiary/aromatic N) is 2. The van der Waals surface area contributed by atoms with Crippen LogP contribution in [0.25, 0.3) is 5.57 Å². The quantitative estimate of drug-likeness (QED) is 0.476. The lowest BCUT2D eigenvalue weighted by Crippen LogP contribution is -2.31. The minimum absolute atomic E-state index is 0.00468. The number of non-ortho nitro benzene ring substituents is 1. The van der Waals surface area contributed by atoms with E-state index in [1.807, 2.05) is 6.08 Å². The van der Waals surface area contributed by atoms with Crippen molar-refractivity contribution in [3.63, 3.8) is 0 Å². The van der Waals surface area contributed by atoms with Crippen molar-refractivity contribution >= 4 is 22.9 Å². The van der Waals surface area contributed by atoms with Gasteiger partial charge in [-0.2, -0.15) is 0 Å². The summed E-state index contributed by atoms with van der Waals surface area (Å²) < 4.78 is 19.7. The van der Waals surface area contributed by atoms with Crippen molar-refractivity contribution in [3.05, 3.63) is 69.5 Å². The van der Waals surface area contributed by atoms with Crippen LogP contribution in [-0.4, -0.2) is 35.7 Å². The van der Waals surface area contributed by atoms with Crippen LogP contribution in [0.4, 0.5) is 15.8 Å². The van der Waals surface area contributed by atoms with Crippen LogP contribution in [0.3, 0.4) is 0 Å². The van der Waals surface area contributed by atoms with E-state index in [0.29, 0.717) is 19.5 Å². The Morgan fingerprint density at radius 3 is 2.61 bits per heavy atom. The molecule has 0 spiro atoms. The largest absolute Gasteiger partial charge is 0.508 e. The van der Waals surface area contributed by atoms with Crippen LogP contribution in [0, 0.1) is 15.9 Å². The van der Waals surface area contributed by atoms with Gasteiger partial charge in [0, 0.05) is 19.2 Å². The first-order chi connectivity index (χ1) is 13.4. The number of halogens is 1. The highest BCUT2D eigenvalue weighted by Gasteiger charge is 2.27. The van der Waals surface area contributed by atoms with Gasteiger partial charge in [-0.1, -0.05) is 18.2 Å². The van der Waals surface area contributed by atoms with Gasteiger partial charge >= 0.3 is 5.97 Å². The van der Waals surface area contributed by atoms with Crippen molar-refractivity contribution in [3.8, 4) is 5.75 Å². The van der Waals surface area contributed by atoms with Gasteiger partial charge in [-0.25, -0.2) is 9.18 Å². The average molecular weight is 386 g/mol. The fraction of sp³-hybridized carbons (Fsp3) is 0.250. The maximum absolute atomic E-state index is 14.7. The molecule has 146 valence electrons. The van der Waals surface area contributed by atoms with Gasteiger partial charge in [0.1, 0.15) is 5.75 Å². The molecule has 1 N–H and O–H groups in total. The number of hydrogen-bond donors (Lipinski definition) is 1. The van der Waals surface area contributed by atoms with Crippen LogP contribution in [0.1, 0.15) is 29.3 Å². The molecule has 0 amide bonds. The van der Waals surface area contributed by atoms with E-state index >= 15 is 0 Å². The fourth-order valence-electron chi connectivity index (χ4n) is 3.19. The van der Waals surface area contributed by atoms with Crippen LogP contribution in [0.15, 0.2) is 42.5 Å². The fourth-order valence-corrected chi connectivity index (χ4v) is 3.19. The van der Waals surface area contributed by atoms with E-state index in [9.17, 15) is 24.4 Å². The molecular weight excluding hydrogens is 367 g/mol. The first-order valence-electron chi connectivity index (χ1n) is 8.79. The molecule has 0 aliphatic carbocycles. The molecule has 0 aromatic heterocycles. The van der Waals surface area contributed by atoms with Crippen molar-refractivity contribution in [2.24, 2.45) is 0 Å². The summed E-state index contributed by atoms with van der Waals surface area (Å²) in [4.78, 5) is 24.2. The van der Waals surface area contributed by atoms with Crippen LogP contribution in [0.5, 0.6) is 5.75 Å². The van der Waals surface area contributed by atoms with Gasteiger partial charge in [0.15, 0.2) is 5.82 Å². The summed E-state index contributed by atoms with van der Waals surface area (Å²) in [7, 11) is 0. The number of aromatic hydroxyl groups is 1. The molecule has 0 bridgehead atoms. The van der Waals surface area contributed by atoms with E-state index in [4.69, 9.17) is 4.74 Å². The number of phenolic OH excluding ortho intramolecular Hbond substituents is 1. The Morgan fingerprint density at radius 1 is 1.32 bits per heavy atom. The Bertz CT molecular complexity index is 940. The van der Waals surface area contributed by atoms with Crippen molar-refractivity contribution in [2.45, 2.75) is 13.3 Å². The predicted molar refractivity (Wildman–Crippen MR) is 102 cm³/mol. The Balaban J connectivity index is 1.94. The third-order valence-electron chi connectivity index (χ3n) is 4.52. The van der Waals surface area contributed by atoms with Crippen molar-refractivity contribution in [2.75, 3.05) is 24.6 Å². The van der Waals surface area contributed by atoms with Gasteiger partial charge in [0.05, 0.1) is 28.8 Å². The Hall–Kier alpha value is -3.42. The molecular formula is C20H19FN2O5. The number of phenols is 1. The minimum atomic E-state index is -0.835. The number of ether oxygens (including phenoxy) is 1. The number of carbonyl (C=O) groups excluding carboxylic acids is 1. The average Bonchev–Trinajstić information content (AvgIpc) is 2.68. The zero-order chi connectivity index (χ0) is 20.3. The summed E-state index contributed by atoms with van der Waals surface area (Å²) in [6.45, 7) is 2.44. The first kappa shape index (κ1) is 19.3. The lowest BCUT2D eigenvalue weighted by molar-refractivity contribution is -0.385. The molecule has 28 heavy (non-hydrogen) atoms. The summed E-state index contributed by atoms with van der Waals surface area (Å²) >= 11 is 0. The number of carbonyl (C=O) groups is 1. The second-order valence-electron chi connectivity index (χ2n) is 6.27. The molecule has 1 heterocycles. The van der Waals surface area contributed by atoms with Gasteiger partial charge in [0.25, 0.3) is 5.69 Å². The van der Waals surface area contributed by atoms with E-state index in [2.05, 4.69) is 0 Å². The highest BCUT2D eigenvalue weighted by molar-refractivity contribution is 5.97. The molecule has 1 aliphatic heterocycles. The number of rotatable bonds is 5. The second-order valence-corrected chi connectivity index (χ2v) is 6.27.